The average Bonchev–Trinajstić information content (AvgIpc) is 3.25. The Morgan fingerprint density at radius 1 is 1.25 bits per heavy atom. The highest BCUT2D eigenvalue weighted by Crippen LogP contribution is 2.27. The van der Waals surface area contributed by atoms with E-state index in [0.29, 0.717) is 16.2 Å². The zero-order chi connectivity index (χ0) is 16.9. The molecule has 1 N–H and O–H groups in total. The summed E-state index contributed by atoms with van der Waals surface area (Å²) in [5.41, 5.74) is 0.843. The minimum atomic E-state index is -0.400. The predicted molar refractivity (Wildman–Crippen MR) is 93.0 cm³/mol. The van der Waals surface area contributed by atoms with Crippen LogP contribution in [0.5, 0.6) is 0 Å². The second kappa shape index (κ2) is 7.54. The van der Waals surface area contributed by atoms with Crippen molar-refractivity contribution in [3.63, 3.8) is 0 Å². The van der Waals surface area contributed by atoms with Gasteiger partial charge in [-0.3, -0.25) is 10.1 Å². The monoisotopic (exact) mass is 361 g/mol. The van der Waals surface area contributed by atoms with Crippen molar-refractivity contribution < 1.29 is 9.21 Å². The molecule has 3 rings (SSSR count). The first kappa shape index (κ1) is 16.6. The minimum absolute atomic E-state index is 0.182. The molecule has 0 fully saturated rings. The molecule has 24 heavy (non-hydrogen) atoms. The number of benzene rings is 1. The molecule has 0 spiro atoms. The fourth-order valence-electron chi connectivity index (χ4n) is 1.81. The molecule has 0 bridgehead atoms. The number of aryl methyl sites for hydroxylation is 1. The van der Waals surface area contributed by atoms with E-state index in [9.17, 15) is 4.79 Å². The number of hydrogen-bond acceptors (Lipinski definition) is 8. The predicted octanol–water partition coefficient (Wildman–Crippen LogP) is 3.27. The molecule has 7 nitrogen and oxygen atoms in total. The lowest BCUT2D eigenvalue weighted by atomic mass is 10.2. The first-order valence-electron chi connectivity index (χ1n) is 7.34. The first-order chi connectivity index (χ1) is 11.7. The maximum atomic E-state index is 12.2. The van der Waals surface area contributed by atoms with Gasteiger partial charge in [0.1, 0.15) is 5.01 Å². The van der Waals surface area contributed by atoms with Crippen molar-refractivity contribution in [1.29, 1.82) is 0 Å². The van der Waals surface area contributed by atoms with Gasteiger partial charge in [0.25, 0.3) is 5.22 Å². The van der Waals surface area contributed by atoms with Gasteiger partial charge in [0.05, 0.1) is 5.25 Å². The van der Waals surface area contributed by atoms with Gasteiger partial charge in [-0.25, -0.2) is 0 Å². The van der Waals surface area contributed by atoms with Gasteiger partial charge >= 0.3 is 0 Å². The van der Waals surface area contributed by atoms with Crippen molar-refractivity contribution in [2.24, 2.45) is 0 Å². The molecule has 9 heteroatoms. The van der Waals surface area contributed by atoms with Crippen molar-refractivity contribution in [1.82, 2.24) is 20.4 Å². The van der Waals surface area contributed by atoms with Crippen LogP contribution in [0.3, 0.4) is 0 Å². The Balaban J connectivity index is 1.61. The summed E-state index contributed by atoms with van der Waals surface area (Å²) in [6.45, 7) is 3.76. The van der Waals surface area contributed by atoms with Crippen molar-refractivity contribution >= 4 is 34.1 Å². The Kier molecular flexibility index (Phi) is 5.21. The molecular formula is C15H15N5O2S2. The highest BCUT2D eigenvalue weighted by atomic mass is 32.2. The first-order valence-corrected chi connectivity index (χ1v) is 9.04. The van der Waals surface area contributed by atoms with Gasteiger partial charge in [-0.15, -0.1) is 20.4 Å². The van der Waals surface area contributed by atoms with Crippen LogP contribution in [-0.4, -0.2) is 31.6 Å². The van der Waals surface area contributed by atoms with E-state index in [1.807, 2.05) is 37.3 Å². The number of nitrogens with zero attached hydrogens (tertiary/aromatic N) is 4. The minimum Gasteiger partial charge on any atom is -0.411 e. The number of thioether (sulfide) groups is 1. The van der Waals surface area contributed by atoms with Gasteiger partial charge in [-0.2, -0.15) is 0 Å². The summed E-state index contributed by atoms with van der Waals surface area (Å²) in [6.07, 6.45) is 0.794. The van der Waals surface area contributed by atoms with Gasteiger partial charge < -0.3 is 4.42 Å². The third-order valence-electron chi connectivity index (χ3n) is 3.07. The molecule has 0 saturated carbocycles. The molecule has 1 amide bonds. The summed E-state index contributed by atoms with van der Waals surface area (Å²) in [7, 11) is 0. The number of carbonyl (C=O) groups excluding carboxylic acids is 1. The lowest BCUT2D eigenvalue weighted by molar-refractivity contribution is -0.115. The Labute approximate surface area is 146 Å². The summed E-state index contributed by atoms with van der Waals surface area (Å²) in [4.78, 5) is 12.2. The summed E-state index contributed by atoms with van der Waals surface area (Å²) in [5, 5.41) is 20.0. The van der Waals surface area contributed by atoms with Crippen LogP contribution in [0.25, 0.3) is 11.5 Å². The number of carbonyl (C=O) groups is 1. The molecule has 0 aliphatic heterocycles. The van der Waals surface area contributed by atoms with Crippen molar-refractivity contribution in [3.8, 4) is 11.5 Å². The number of amides is 1. The maximum Gasteiger partial charge on any atom is 0.277 e. The molecular weight excluding hydrogens is 346 g/mol. The Hall–Kier alpha value is -2.26. The summed E-state index contributed by atoms with van der Waals surface area (Å²) in [5.74, 6) is 0.251. The highest BCUT2D eigenvalue weighted by Gasteiger charge is 2.20. The summed E-state index contributed by atoms with van der Waals surface area (Å²) >= 11 is 2.57. The molecule has 0 aliphatic carbocycles. The van der Waals surface area contributed by atoms with Gasteiger partial charge in [0.2, 0.25) is 16.9 Å². The third kappa shape index (κ3) is 3.98. The number of hydrogen-bond donors (Lipinski definition) is 1. The summed E-state index contributed by atoms with van der Waals surface area (Å²) in [6, 6.07) is 9.49. The fraction of sp³-hybridized carbons (Fsp3) is 0.267. The molecule has 2 heterocycles. The molecule has 0 aliphatic rings. The van der Waals surface area contributed by atoms with Crippen LogP contribution in [-0.2, 0) is 11.2 Å². The van der Waals surface area contributed by atoms with E-state index in [4.69, 9.17) is 4.42 Å². The van der Waals surface area contributed by atoms with E-state index >= 15 is 0 Å². The van der Waals surface area contributed by atoms with E-state index < -0.39 is 5.25 Å². The molecule has 2 aromatic heterocycles. The van der Waals surface area contributed by atoms with Crippen molar-refractivity contribution in [2.75, 3.05) is 5.32 Å². The van der Waals surface area contributed by atoms with E-state index in [2.05, 4.69) is 25.7 Å². The summed E-state index contributed by atoms with van der Waals surface area (Å²) < 4.78 is 5.60. The standard InChI is InChI=1S/C15H15N5O2S2/c1-3-11-17-19-14(24-11)16-12(21)9(2)23-15-20-18-13(22-15)10-7-5-4-6-8-10/h4-9H,3H2,1-2H3,(H,16,19,21). The lowest BCUT2D eigenvalue weighted by Crippen LogP contribution is -2.22. The van der Waals surface area contributed by atoms with Crippen LogP contribution < -0.4 is 5.32 Å². The van der Waals surface area contributed by atoms with Crippen LogP contribution in [0.15, 0.2) is 40.0 Å². The number of aromatic nitrogens is 4. The van der Waals surface area contributed by atoms with Gasteiger partial charge in [0.15, 0.2) is 0 Å². The normalized spacial score (nSPS) is 12.1. The molecule has 1 aromatic carbocycles. The van der Waals surface area contributed by atoms with E-state index in [-0.39, 0.29) is 5.91 Å². The molecule has 3 aromatic rings. The second-order valence-electron chi connectivity index (χ2n) is 4.84. The number of anilines is 1. The maximum absolute atomic E-state index is 12.2. The molecule has 1 atom stereocenters. The zero-order valence-electron chi connectivity index (χ0n) is 13.1. The number of rotatable bonds is 6. The van der Waals surface area contributed by atoms with Crippen LogP contribution >= 0.6 is 23.1 Å². The smallest absolute Gasteiger partial charge is 0.277 e. The Morgan fingerprint density at radius 2 is 2.04 bits per heavy atom. The Bertz CT molecular complexity index is 818. The van der Waals surface area contributed by atoms with E-state index in [1.54, 1.807) is 6.92 Å². The van der Waals surface area contributed by atoms with Gasteiger partial charge in [-0.1, -0.05) is 48.2 Å². The van der Waals surface area contributed by atoms with E-state index in [1.165, 1.54) is 23.1 Å². The van der Waals surface area contributed by atoms with Crippen LogP contribution in [0.2, 0.25) is 0 Å². The highest BCUT2D eigenvalue weighted by molar-refractivity contribution is 8.00. The zero-order valence-corrected chi connectivity index (χ0v) is 14.7. The molecule has 1 unspecified atom stereocenters. The molecule has 0 radical (unpaired) electrons. The average molecular weight is 361 g/mol. The quantitative estimate of drug-likeness (QED) is 0.673. The van der Waals surface area contributed by atoms with Crippen LogP contribution in [0.4, 0.5) is 5.13 Å². The van der Waals surface area contributed by atoms with Crippen molar-refractivity contribution in [3.05, 3.63) is 35.3 Å². The molecule has 124 valence electrons. The Morgan fingerprint density at radius 3 is 2.75 bits per heavy atom. The van der Waals surface area contributed by atoms with Crippen LogP contribution in [0.1, 0.15) is 18.9 Å². The third-order valence-corrected chi connectivity index (χ3v) is 4.99. The SMILES string of the molecule is CCc1nnc(NC(=O)C(C)Sc2nnc(-c3ccccc3)o2)s1. The largest absolute Gasteiger partial charge is 0.411 e. The van der Waals surface area contributed by atoms with Crippen molar-refractivity contribution in [2.45, 2.75) is 30.7 Å². The fourth-order valence-corrected chi connectivity index (χ4v) is 3.18. The number of nitrogens with one attached hydrogen (secondary N) is 1. The van der Waals surface area contributed by atoms with Gasteiger partial charge in [0, 0.05) is 5.56 Å². The molecule has 0 saturated heterocycles. The topological polar surface area (TPSA) is 93.8 Å². The van der Waals surface area contributed by atoms with Crippen LogP contribution in [0, 0.1) is 0 Å². The second-order valence-corrected chi connectivity index (χ2v) is 7.20. The van der Waals surface area contributed by atoms with E-state index in [0.717, 1.165) is 17.0 Å². The van der Waals surface area contributed by atoms with Gasteiger partial charge in [-0.05, 0) is 25.5 Å². The lowest BCUT2D eigenvalue weighted by Gasteiger charge is -2.06.